The summed E-state index contributed by atoms with van der Waals surface area (Å²) in [5.74, 6) is 0.339. The van der Waals surface area contributed by atoms with Crippen molar-refractivity contribution in [1.29, 1.82) is 0 Å². The minimum Gasteiger partial charge on any atom is -0.335 e. The maximum Gasteiger partial charge on any atom is 0.278 e. The number of nitrogens with two attached hydrogens (primary N) is 1. The average molecular weight is 364 g/mol. The summed E-state index contributed by atoms with van der Waals surface area (Å²) in [4.78, 5) is 15.4. The third kappa shape index (κ3) is 5.21. The second-order valence-electron chi connectivity index (χ2n) is 7.67. The molecule has 2 aliphatic rings. The monoisotopic (exact) mass is 363 g/mol. The van der Waals surface area contributed by atoms with Crippen LogP contribution in [-0.2, 0) is 11.3 Å². The van der Waals surface area contributed by atoms with E-state index in [0.29, 0.717) is 24.5 Å². The van der Waals surface area contributed by atoms with Crippen LogP contribution in [0.1, 0.15) is 69.8 Å². The van der Waals surface area contributed by atoms with Crippen LogP contribution in [0.4, 0.5) is 0 Å². The summed E-state index contributed by atoms with van der Waals surface area (Å²) in [7, 11) is 0. The van der Waals surface area contributed by atoms with Gasteiger partial charge in [0, 0.05) is 22.7 Å². The van der Waals surface area contributed by atoms with Crippen molar-refractivity contribution in [2.75, 3.05) is 6.54 Å². The van der Waals surface area contributed by atoms with Gasteiger partial charge >= 0.3 is 0 Å². The lowest BCUT2D eigenvalue weighted by Crippen LogP contribution is -2.85. The van der Waals surface area contributed by atoms with Gasteiger partial charge < -0.3 is 10.2 Å². The molecule has 25 heavy (non-hydrogen) atoms. The van der Waals surface area contributed by atoms with Crippen molar-refractivity contribution in [3.63, 3.8) is 0 Å². The molecule has 0 heterocycles. The molecule has 1 aromatic carbocycles. The van der Waals surface area contributed by atoms with Crippen LogP contribution in [0.25, 0.3) is 0 Å². The van der Waals surface area contributed by atoms with Crippen molar-refractivity contribution >= 4 is 17.5 Å². The van der Waals surface area contributed by atoms with Crippen LogP contribution in [0.15, 0.2) is 24.3 Å². The Bertz CT molecular complexity index is 533. The SMILES string of the molecule is O=C(C[NH2+]Cc1ccccc1Cl)N(C1CCCCC1)C1CCCCC1. The van der Waals surface area contributed by atoms with Gasteiger partial charge in [-0.05, 0) is 31.7 Å². The Hall–Kier alpha value is -1.06. The second kappa shape index (κ2) is 9.59. The maximum absolute atomic E-state index is 13.1. The molecule has 4 heteroatoms. The molecule has 0 bridgehead atoms. The Labute approximate surface area is 157 Å². The topological polar surface area (TPSA) is 36.9 Å². The van der Waals surface area contributed by atoms with Crippen LogP contribution < -0.4 is 5.32 Å². The van der Waals surface area contributed by atoms with E-state index in [-0.39, 0.29) is 0 Å². The lowest BCUT2D eigenvalue weighted by Gasteiger charge is -2.41. The number of carbonyl (C=O) groups excluding carboxylic acids is 1. The van der Waals surface area contributed by atoms with Gasteiger partial charge in [-0.15, -0.1) is 0 Å². The van der Waals surface area contributed by atoms with E-state index in [1.54, 1.807) is 0 Å². The summed E-state index contributed by atoms with van der Waals surface area (Å²) in [5, 5.41) is 2.91. The van der Waals surface area contributed by atoms with Crippen molar-refractivity contribution in [3.8, 4) is 0 Å². The fourth-order valence-electron chi connectivity index (χ4n) is 4.54. The first-order chi connectivity index (χ1) is 12.3. The molecule has 2 aliphatic carbocycles. The number of hydrogen-bond donors (Lipinski definition) is 1. The van der Waals surface area contributed by atoms with E-state index in [9.17, 15) is 4.79 Å². The van der Waals surface area contributed by atoms with Gasteiger partial charge in [0.1, 0.15) is 6.54 Å². The van der Waals surface area contributed by atoms with E-state index < -0.39 is 0 Å². The molecule has 2 N–H and O–H groups in total. The molecule has 0 aromatic heterocycles. The first-order valence-corrected chi connectivity index (χ1v) is 10.5. The quantitative estimate of drug-likeness (QED) is 0.817. The molecule has 0 radical (unpaired) electrons. The van der Waals surface area contributed by atoms with Gasteiger partial charge in [0.15, 0.2) is 6.54 Å². The zero-order valence-electron chi connectivity index (χ0n) is 15.3. The highest BCUT2D eigenvalue weighted by Gasteiger charge is 2.32. The standard InChI is InChI=1S/C21H31ClN2O/c22-20-14-8-7-9-17(20)15-23-16-21(25)24(18-10-3-1-4-11-18)19-12-5-2-6-13-19/h7-9,14,18-19,23H,1-6,10-13,15-16H2/p+1. The first kappa shape index (κ1) is 18.7. The van der Waals surface area contributed by atoms with Gasteiger partial charge in [-0.2, -0.15) is 0 Å². The van der Waals surface area contributed by atoms with Crippen molar-refractivity contribution in [1.82, 2.24) is 4.90 Å². The van der Waals surface area contributed by atoms with E-state index in [1.165, 1.54) is 64.2 Å². The van der Waals surface area contributed by atoms with Gasteiger partial charge in [-0.1, -0.05) is 68.3 Å². The number of benzene rings is 1. The van der Waals surface area contributed by atoms with Crippen molar-refractivity contribution in [2.24, 2.45) is 0 Å². The molecule has 0 spiro atoms. The summed E-state index contributed by atoms with van der Waals surface area (Å²) >= 11 is 6.23. The largest absolute Gasteiger partial charge is 0.335 e. The molecule has 0 atom stereocenters. The number of rotatable bonds is 6. The minimum absolute atomic E-state index is 0.339. The van der Waals surface area contributed by atoms with Crippen LogP contribution in [0.2, 0.25) is 5.02 Å². The van der Waals surface area contributed by atoms with Crippen molar-refractivity contribution in [3.05, 3.63) is 34.9 Å². The number of quaternary nitrogens is 1. The maximum atomic E-state index is 13.1. The van der Waals surface area contributed by atoms with Gasteiger partial charge in [0.25, 0.3) is 5.91 Å². The summed E-state index contributed by atoms with van der Waals surface area (Å²) in [6.07, 6.45) is 12.6. The third-order valence-electron chi connectivity index (χ3n) is 5.87. The third-order valence-corrected chi connectivity index (χ3v) is 6.23. The fourth-order valence-corrected chi connectivity index (χ4v) is 4.76. The summed E-state index contributed by atoms with van der Waals surface area (Å²) in [5.41, 5.74) is 1.11. The lowest BCUT2D eigenvalue weighted by molar-refractivity contribution is -0.660. The highest BCUT2D eigenvalue weighted by molar-refractivity contribution is 6.31. The molecule has 1 aromatic rings. The van der Waals surface area contributed by atoms with Gasteiger partial charge in [-0.3, -0.25) is 4.79 Å². The number of halogens is 1. The van der Waals surface area contributed by atoms with Crippen molar-refractivity contribution in [2.45, 2.75) is 82.8 Å². The van der Waals surface area contributed by atoms with Crippen LogP contribution >= 0.6 is 11.6 Å². The van der Waals surface area contributed by atoms with Gasteiger partial charge in [0.2, 0.25) is 0 Å². The van der Waals surface area contributed by atoms with E-state index in [0.717, 1.165) is 17.1 Å². The molecule has 3 rings (SSSR count). The Morgan fingerprint density at radius 3 is 2.08 bits per heavy atom. The Morgan fingerprint density at radius 1 is 0.960 bits per heavy atom. The molecule has 0 unspecified atom stereocenters. The smallest absolute Gasteiger partial charge is 0.278 e. The normalized spacial score (nSPS) is 19.7. The molecule has 138 valence electrons. The molecule has 0 aliphatic heterocycles. The van der Waals surface area contributed by atoms with Gasteiger partial charge in [0.05, 0.1) is 0 Å². The highest BCUT2D eigenvalue weighted by Crippen LogP contribution is 2.30. The molecular formula is C21H32ClN2O+. The summed E-state index contributed by atoms with van der Waals surface area (Å²) < 4.78 is 0. The fraction of sp³-hybridized carbons (Fsp3) is 0.667. The van der Waals surface area contributed by atoms with Crippen molar-refractivity contribution < 1.29 is 10.1 Å². The minimum atomic E-state index is 0.339. The Morgan fingerprint density at radius 2 is 1.52 bits per heavy atom. The zero-order valence-corrected chi connectivity index (χ0v) is 16.0. The number of amides is 1. The van der Waals surface area contributed by atoms with Gasteiger partial charge in [-0.25, -0.2) is 0 Å². The predicted octanol–water partition coefficient (Wildman–Crippen LogP) is 3.90. The lowest BCUT2D eigenvalue weighted by atomic mass is 9.88. The summed E-state index contributed by atoms with van der Waals surface area (Å²) in [6.45, 7) is 1.31. The molecule has 0 saturated heterocycles. The molecular weight excluding hydrogens is 332 g/mol. The number of nitrogens with zero attached hydrogens (tertiary/aromatic N) is 1. The van der Waals surface area contributed by atoms with Crippen LogP contribution in [0.3, 0.4) is 0 Å². The molecule has 1 amide bonds. The second-order valence-corrected chi connectivity index (χ2v) is 8.08. The number of carbonyl (C=O) groups is 1. The van der Waals surface area contributed by atoms with Crippen LogP contribution in [0.5, 0.6) is 0 Å². The average Bonchev–Trinajstić information content (AvgIpc) is 2.65. The van der Waals surface area contributed by atoms with E-state index in [1.807, 2.05) is 24.3 Å². The predicted molar refractivity (Wildman–Crippen MR) is 103 cm³/mol. The zero-order chi connectivity index (χ0) is 17.5. The van der Waals surface area contributed by atoms with E-state index in [4.69, 9.17) is 11.6 Å². The van der Waals surface area contributed by atoms with Crippen LogP contribution in [0, 0.1) is 0 Å². The summed E-state index contributed by atoms with van der Waals surface area (Å²) in [6, 6.07) is 8.89. The molecule has 2 saturated carbocycles. The van der Waals surface area contributed by atoms with Crippen LogP contribution in [-0.4, -0.2) is 29.4 Å². The highest BCUT2D eigenvalue weighted by atomic mass is 35.5. The molecule has 2 fully saturated rings. The number of hydrogen-bond acceptors (Lipinski definition) is 1. The molecule has 3 nitrogen and oxygen atoms in total. The van der Waals surface area contributed by atoms with E-state index in [2.05, 4.69) is 10.2 Å². The van der Waals surface area contributed by atoms with E-state index >= 15 is 0 Å². The Balaban J connectivity index is 1.59. The first-order valence-electron chi connectivity index (χ1n) is 10.1. The Kier molecular flexibility index (Phi) is 7.18.